The van der Waals surface area contributed by atoms with Crippen LogP contribution in [0.2, 0.25) is 0 Å². The molecule has 0 aromatic heterocycles. The monoisotopic (exact) mass is 544 g/mol. The average Bonchev–Trinajstić information content (AvgIpc) is 2.77. The molecule has 5 N–H and O–H groups in total. The Labute approximate surface area is 216 Å². The van der Waals surface area contributed by atoms with Crippen molar-refractivity contribution in [2.45, 2.75) is 148 Å². The van der Waals surface area contributed by atoms with Crippen LogP contribution < -0.4 is 0 Å². The minimum Gasteiger partial charge on any atom is -0.396 e. The molecule has 0 aliphatic heterocycles. The van der Waals surface area contributed by atoms with E-state index in [-0.39, 0.29) is 25.2 Å². The number of rotatable bonds is 25. The highest BCUT2D eigenvalue weighted by atomic mass is 31.2. The molecule has 0 saturated heterocycles. The van der Waals surface area contributed by atoms with Crippen LogP contribution in [0.15, 0.2) is 0 Å². The Morgan fingerprint density at radius 3 is 0.829 bits per heavy atom. The minimum absolute atomic E-state index is 0.134. The van der Waals surface area contributed by atoms with Gasteiger partial charge < -0.3 is 24.7 Å². The zero-order valence-corrected chi connectivity index (χ0v) is 24.4. The third kappa shape index (κ3) is 41.6. The van der Waals surface area contributed by atoms with Gasteiger partial charge in [0.1, 0.15) is 0 Å². The van der Waals surface area contributed by atoms with Gasteiger partial charge in [0.2, 0.25) is 0 Å². The Morgan fingerprint density at radius 1 is 0.400 bits per heavy atom. The maximum Gasteiger partial charge on any atom is 0.325 e. The zero-order chi connectivity index (χ0) is 26.7. The molecule has 0 spiro atoms. The predicted molar refractivity (Wildman–Crippen MR) is 148 cm³/mol. The standard InChI is InChI=1S/C22H46O.C4H12O6P2/c1-2-3-4-5-6-7-8-9-10-11-12-13-14-15-16-17-18-19-20-21-22-23;5-11(6,7)3-1-2-4-12(8,9)10/h23H,2-22H2,1H3;1-4H2,(H2,5,6,7)(H2,8,9,10). The van der Waals surface area contributed by atoms with Crippen LogP contribution in [0.25, 0.3) is 0 Å². The third-order valence-corrected chi connectivity index (χ3v) is 7.96. The number of aliphatic hydroxyl groups excluding tert-OH is 1. The molecule has 0 aromatic carbocycles. The van der Waals surface area contributed by atoms with Crippen LogP contribution in [0.5, 0.6) is 0 Å². The van der Waals surface area contributed by atoms with Gasteiger partial charge in [0.25, 0.3) is 0 Å². The summed E-state index contributed by atoms with van der Waals surface area (Å²) in [5, 5.41) is 8.71. The van der Waals surface area contributed by atoms with E-state index in [1.165, 1.54) is 122 Å². The molecule has 0 aliphatic rings. The van der Waals surface area contributed by atoms with E-state index in [4.69, 9.17) is 24.7 Å². The number of aliphatic hydroxyl groups is 1. The van der Waals surface area contributed by atoms with Crippen molar-refractivity contribution >= 4 is 15.2 Å². The van der Waals surface area contributed by atoms with Gasteiger partial charge in [-0.25, -0.2) is 0 Å². The predicted octanol–water partition coefficient (Wildman–Crippen LogP) is 7.92. The lowest BCUT2D eigenvalue weighted by atomic mass is 10.0. The van der Waals surface area contributed by atoms with Crippen molar-refractivity contribution in [3.05, 3.63) is 0 Å². The smallest absolute Gasteiger partial charge is 0.325 e. The first-order valence-electron chi connectivity index (χ1n) is 14.3. The fraction of sp³-hybridized carbons (Fsp3) is 1.00. The van der Waals surface area contributed by atoms with E-state index in [1.807, 2.05) is 0 Å². The van der Waals surface area contributed by atoms with E-state index in [2.05, 4.69) is 6.92 Å². The number of hydrogen-bond donors (Lipinski definition) is 5. The molecule has 0 unspecified atom stereocenters. The molecule has 0 fully saturated rings. The summed E-state index contributed by atoms with van der Waals surface area (Å²) in [5.74, 6) is 0. The normalized spacial score (nSPS) is 11.9. The largest absolute Gasteiger partial charge is 0.396 e. The van der Waals surface area contributed by atoms with Gasteiger partial charge >= 0.3 is 15.2 Å². The van der Waals surface area contributed by atoms with Crippen molar-refractivity contribution in [3.63, 3.8) is 0 Å². The van der Waals surface area contributed by atoms with E-state index < -0.39 is 15.2 Å². The average molecular weight is 545 g/mol. The molecule has 35 heavy (non-hydrogen) atoms. The molecule has 0 heterocycles. The molecule has 0 saturated carbocycles. The Bertz CT molecular complexity index is 462. The Hall–Kier alpha value is 0.260. The SMILES string of the molecule is CCCCCCCCCCCCCCCCCCCCCCO.O=P(O)(O)CCCCP(=O)(O)O. The highest BCUT2D eigenvalue weighted by Crippen LogP contribution is 2.38. The van der Waals surface area contributed by atoms with Crippen LogP contribution in [0.1, 0.15) is 148 Å². The summed E-state index contributed by atoms with van der Waals surface area (Å²) in [7, 11) is -8.00. The molecule has 0 aromatic rings. The van der Waals surface area contributed by atoms with Crippen molar-refractivity contribution in [1.29, 1.82) is 0 Å². The van der Waals surface area contributed by atoms with Crippen LogP contribution in [0.4, 0.5) is 0 Å². The molecule has 0 radical (unpaired) electrons. The summed E-state index contributed by atoms with van der Waals surface area (Å²) >= 11 is 0. The first kappa shape index (κ1) is 37.4. The van der Waals surface area contributed by atoms with E-state index in [0.29, 0.717) is 6.61 Å². The van der Waals surface area contributed by atoms with Gasteiger partial charge in [0.15, 0.2) is 0 Å². The molecule has 9 heteroatoms. The zero-order valence-electron chi connectivity index (χ0n) is 22.6. The molecule has 0 atom stereocenters. The first-order valence-corrected chi connectivity index (χ1v) is 17.9. The van der Waals surface area contributed by atoms with Crippen LogP contribution in [-0.2, 0) is 9.13 Å². The highest BCUT2D eigenvalue weighted by Gasteiger charge is 2.15. The quantitative estimate of drug-likeness (QED) is 0.0582. The van der Waals surface area contributed by atoms with Crippen molar-refractivity contribution in [2.75, 3.05) is 18.9 Å². The lowest BCUT2D eigenvalue weighted by Crippen LogP contribution is -1.92. The molecule has 0 amide bonds. The van der Waals surface area contributed by atoms with Gasteiger partial charge in [-0.15, -0.1) is 0 Å². The van der Waals surface area contributed by atoms with E-state index >= 15 is 0 Å². The summed E-state index contributed by atoms with van der Waals surface area (Å²) in [6.45, 7) is 2.67. The Kier molecular flexibility index (Phi) is 29.2. The summed E-state index contributed by atoms with van der Waals surface area (Å²) < 4.78 is 20.5. The topological polar surface area (TPSA) is 135 Å². The lowest BCUT2D eigenvalue weighted by molar-refractivity contribution is 0.282. The molecular formula is C26H58O7P2. The summed E-state index contributed by atoms with van der Waals surface area (Å²) in [6, 6.07) is 0. The van der Waals surface area contributed by atoms with E-state index in [9.17, 15) is 9.13 Å². The number of unbranched alkanes of at least 4 members (excludes halogenated alkanes) is 20. The second-order valence-electron chi connectivity index (χ2n) is 9.92. The second kappa shape index (κ2) is 27.3. The Balaban J connectivity index is 0. The van der Waals surface area contributed by atoms with Crippen molar-refractivity contribution in [2.24, 2.45) is 0 Å². The van der Waals surface area contributed by atoms with Crippen molar-refractivity contribution in [3.8, 4) is 0 Å². The minimum atomic E-state index is -4.00. The van der Waals surface area contributed by atoms with Gasteiger partial charge in [-0.2, -0.15) is 0 Å². The van der Waals surface area contributed by atoms with Gasteiger partial charge in [0.05, 0.1) is 0 Å². The molecule has 0 rings (SSSR count). The summed E-state index contributed by atoms with van der Waals surface area (Å²) in [5.41, 5.74) is 0. The van der Waals surface area contributed by atoms with Gasteiger partial charge in [-0.3, -0.25) is 9.13 Å². The van der Waals surface area contributed by atoms with Crippen molar-refractivity contribution < 1.29 is 33.8 Å². The maximum absolute atomic E-state index is 10.3. The first-order chi connectivity index (χ1) is 16.6. The second-order valence-corrected chi connectivity index (χ2v) is 13.5. The van der Waals surface area contributed by atoms with Crippen molar-refractivity contribution in [1.82, 2.24) is 0 Å². The van der Waals surface area contributed by atoms with E-state index in [0.717, 1.165) is 6.42 Å². The Morgan fingerprint density at radius 2 is 0.629 bits per heavy atom. The highest BCUT2D eigenvalue weighted by molar-refractivity contribution is 7.52. The van der Waals surface area contributed by atoms with Gasteiger partial charge in [-0.05, 0) is 19.3 Å². The lowest BCUT2D eigenvalue weighted by Gasteiger charge is -2.04. The molecule has 214 valence electrons. The molecule has 0 aliphatic carbocycles. The maximum atomic E-state index is 10.3. The fourth-order valence-corrected chi connectivity index (χ4v) is 5.27. The van der Waals surface area contributed by atoms with Crippen LogP contribution in [0, 0.1) is 0 Å². The van der Waals surface area contributed by atoms with Gasteiger partial charge in [0, 0.05) is 18.9 Å². The van der Waals surface area contributed by atoms with E-state index in [1.54, 1.807) is 0 Å². The summed E-state index contributed by atoms with van der Waals surface area (Å²) in [6.07, 6.45) is 27.8. The van der Waals surface area contributed by atoms with Crippen LogP contribution >= 0.6 is 15.2 Å². The third-order valence-electron chi connectivity index (χ3n) is 6.16. The molecular weight excluding hydrogens is 486 g/mol. The molecule has 7 nitrogen and oxygen atoms in total. The fourth-order valence-electron chi connectivity index (χ4n) is 4.00. The molecule has 0 bridgehead atoms. The van der Waals surface area contributed by atoms with Crippen LogP contribution in [0.3, 0.4) is 0 Å². The van der Waals surface area contributed by atoms with Gasteiger partial charge in [-0.1, -0.05) is 129 Å². The summed E-state index contributed by atoms with van der Waals surface area (Å²) in [4.78, 5) is 33.5. The van der Waals surface area contributed by atoms with Crippen LogP contribution in [-0.4, -0.2) is 43.6 Å². The number of hydrogen-bond acceptors (Lipinski definition) is 3.